The normalized spacial score (nSPS) is 11.8. The van der Waals surface area contributed by atoms with Gasteiger partial charge in [0.05, 0.1) is 27.9 Å². The van der Waals surface area contributed by atoms with Gasteiger partial charge in [0.15, 0.2) is 5.13 Å². The number of amides is 1. The molecule has 5 rings (SSSR count). The van der Waals surface area contributed by atoms with Gasteiger partial charge in [-0.05, 0) is 73.0 Å². The van der Waals surface area contributed by atoms with Crippen LogP contribution in [0, 0.1) is 13.8 Å². The van der Waals surface area contributed by atoms with Crippen molar-refractivity contribution in [2.24, 2.45) is 0 Å². The SMILES string of the molecule is Cc1cc(C)c2sc(N(Cc3ccco3)C(=O)c3ccc(S(=O)(=O)N(C)Cc4ccccc4)cc3)nc2c1. The Labute approximate surface area is 226 Å². The monoisotopic (exact) mass is 545 g/mol. The van der Waals surface area contributed by atoms with Gasteiger partial charge < -0.3 is 4.42 Å². The van der Waals surface area contributed by atoms with E-state index in [1.807, 2.05) is 50.2 Å². The molecule has 0 aliphatic carbocycles. The first-order valence-electron chi connectivity index (χ1n) is 12.0. The first-order chi connectivity index (χ1) is 18.2. The molecule has 0 saturated carbocycles. The number of benzene rings is 3. The van der Waals surface area contributed by atoms with Crippen LogP contribution in [0.25, 0.3) is 10.2 Å². The van der Waals surface area contributed by atoms with Crippen LogP contribution in [0.2, 0.25) is 0 Å². The number of rotatable bonds is 8. The van der Waals surface area contributed by atoms with Gasteiger partial charge in [0, 0.05) is 19.2 Å². The molecule has 0 N–H and O–H groups in total. The fourth-order valence-corrected chi connectivity index (χ4v) is 6.47. The van der Waals surface area contributed by atoms with Gasteiger partial charge in [0.2, 0.25) is 10.0 Å². The number of hydrogen-bond acceptors (Lipinski definition) is 6. The average molecular weight is 546 g/mol. The van der Waals surface area contributed by atoms with E-state index >= 15 is 0 Å². The lowest BCUT2D eigenvalue weighted by atomic mass is 10.1. The van der Waals surface area contributed by atoms with Gasteiger partial charge in [0.25, 0.3) is 5.91 Å². The third-order valence-electron chi connectivity index (χ3n) is 6.24. The summed E-state index contributed by atoms with van der Waals surface area (Å²) >= 11 is 1.45. The molecule has 0 aliphatic heterocycles. The largest absolute Gasteiger partial charge is 0.467 e. The van der Waals surface area contributed by atoms with Crippen molar-refractivity contribution in [3.05, 3.63) is 113 Å². The smallest absolute Gasteiger partial charge is 0.260 e. The molecule has 3 aromatic carbocycles. The van der Waals surface area contributed by atoms with E-state index in [-0.39, 0.29) is 23.9 Å². The maximum Gasteiger partial charge on any atom is 0.260 e. The van der Waals surface area contributed by atoms with E-state index in [0.717, 1.165) is 26.9 Å². The summed E-state index contributed by atoms with van der Waals surface area (Å²) in [7, 11) is -2.19. The second-order valence-electron chi connectivity index (χ2n) is 9.17. The summed E-state index contributed by atoms with van der Waals surface area (Å²) in [6.45, 7) is 4.49. The Kier molecular flexibility index (Phi) is 7.16. The molecule has 0 spiro atoms. The summed E-state index contributed by atoms with van der Waals surface area (Å²) < 4.78 is 34.2. The summed E-state index contributed by atoms with van der Waals surface area (Å²) in [5, 5.41) is 0.550. The number of anilines is 1. The predicted molar refractivity (Wildman–Crippen MR) is 150 cm³/mol. The van der Waals surface area contributed by atoms with Crippen molar-refractivity contribution in [1.29, 1.82) is 0 Å². The Morgan fingerprint density at radius 3 is 2.37 bits per heavy atom. The minimum absolute atomic E-state index is 0.121. The quantitative estimate of drug-likeness (QED) is 0.233. The number of furan rings is 1. The highest BCUT2D eigenvalue weighted by atomic mass is 32.2. The van der Waals surface area contributed by atoms with Crippen molar-refractivity contribution in [3.63, 3.8) is 0 Å². The maximum atomic E-state index is 13.7. The van der Waals surface area contributed by atoms with Gasteiger partial charge in [-0.15, -0.1) is 0 Å². The molecule has 0 saturated heterocycles. The van der Waals surface area contributed by atoms with Gasteiger partial charge in [-0.2, -0.15) is 4.31 Å². The molecule has 7 nitrogen and oxygen atoms in total. The van der Waals surface area contributed by atoms with Crippen molar-refractivity contribution in [2.75, 3.05) is 11.9 Å². The second kappa shape index (κ2) is 10.5. The molecule has 0 unspecified atom stereocenters. The molecule has 2 aromatic heterocycles. The lowest BCUT2D eigenvalue weighted by Gasteiger charge is -2.20. The number of carbonyl (C=O) groups excluding carboxylic acids is 1. The zero-order valence-corrected chi connectivity index (χ0v) is 22.9. The van der Waals surface area contributed by atoms with E-state index in [1.54, 1.807) is 42.5 Å². The van der Waals surface area contributed by atoms with Gasteiger partial charge in [0.1, 0.15) is 5.76 Å². The first kappa shape index (κ1) is 25.8. The summed E-state index contributed by atoms with van der Waals surface area (Å²) in [5.41, 5.74) is 4.28. The standard InChI is InChI=1S/C29H27N3O4S2/c1-20-16-21(2)27-26(17-20)30-29(37-27)32(19-24-10-7-15-36-24)28(33)23-11-13-25(14-12-23)38(34,35)31(3)18-22-8-5-4-6-9-22/h4-17H,18-19H2,1-3H3. The molecular weight excluding hydrogens is 518 g/mol. The van der Waals surface area contributed by atoms with E-state index in [4.69, 9.17) is 9.40 Å². The van der Waals surface area contributed by atoms with Gasteiger partial charge in [-0.3, -0.25) is 9.69 Å². The van der Waals surface area contributed by atoms with Crippen LogP contribution in [0.1, 0.15) is 32.8 Å². The fourth-order valence-electron chi connectivity index (χ4n) is 4.30. The zero-order valence-electron chi connectivity index (χ0n) is 21.3. The highest BCUT2D eigenvalue weighted by molar-refractivity contribution is 7.89. The Morgan fingerprint density at radius 1 is 0.947 bits per heavy atom. The summed E-state index contributed by atoms with van der Waals surface area (Å²) in [5.74, 6) is 0.323. The molecule has 38 heavy (non-hydrogen) atoms. The number of thiazole rings is 1. The third-order valence-corrected chi connectivity index (χ3v) is 9.28. The van der Waals surface area contributed by atoms with E-state index in [9.17, 15) is 13.2 Å². The lowest BCUT2D eigenvalue weighted by Crippen LogP contribution is -2.30. The second-order valence-corrected chi connectivity index (χ2v) is 12.2. The molecule has 0 aliphatic rings. The minimum Gasteiger partial charge on any atom is -0.467 e. The molecule has 0 atom stereocenters. The van der Waals surface area contributed by atoms with Crippen molar-refractivity contribution < 1.29 is 17.6 Å². The summed E-state index contributed by atoms with van der Waals surface area (Å²) in [6.07, 6.45) is 1.56. The van der Waals surface area contributed by atoms with Crippen LogP contribution < -0.4 is 4.90 Å². The van der Waals surface area contributed by atoms with Crippen molar-refractivity contribution in [1.82, 2.24) is 9.29 Å². The minimum atomic E-state index is -3.74. The average Bonchev–Trinajstić information content (AvgIpc) is 3.57. The number of carbonyl (C=O) groups is 1. The van der Waals surface area contributed by atoms with Crippen LogP contribution >= 0.6 is 11.3 Å². The summed E-state index contributed by atoms with van der Waals surface area (Å²) in [6, 6.07) is 23.1. The van der Waals surface area contributed by atoms with Gasteiger partial charge in [-0.25, -0.2) is 13.4 Å². The van der Waals surface area contributed by atoms with Crippen LogP contribution in [0.3, 0.4) is 0 Å². The van der Waals surface area contributed by atoms with E-state index in [1.165, 1.54) is 27.8 Å². The number of nitrogens with zero attached hydrogens (tertiary/aromatic N) is 3. The van der Waals surface area contributed by atoms with Gasteiger partial charge in [-0.1, -0.05) is 47.7 Å². The van der Waals surface area contributed by atoms with Gasteiger partial charge >= 0.3 is 0 Å². The predicted octanol–water partition coefficient (Wildman–Crippen LogP) is 6.17. The van der Waals surface area contributed by atoms with E-state index < -0.39 is 10.0 Å². The van der Waals surface area contributed by atoms with E-state index in [2.05, 4.69) is 6.07 Å². The maximum absolute atomic E-state index is 13.7. The molecule has 0 radical (unpaired) electrons. The number of aryl methyl sites for hydroxylation is 2. The molecule has 9 heteroatoms. The highest BCUT2D eigenvalue weighted by Crippen LogP contribution is 2.34. The Morgan fingerprint density at radius 2 is 1.68 bits per heavy atom. The molecular formula is C29H27N3O4S2. The van der Waals surface area contributed by atoms with Crippen molar-refractivity contribution >= 4 is 42.6 Å². The van der Waals surface area contributed by atoms with Crippen LogP contribution in [0.15, 0.2) is 94.4 Å². The molecule has 194 valence electrons. The Balaban J connectivity index is 1.44. The molecule has 1 amide bonds. The summed E-state index contributed by atoms with van der Waals surface area (Å²) in [4.78, 5) is 20.2. The third kappa shape index (κ3) is 5.26. The first-order valence-corrected chi connectivity index (χ1v) is 14.3. The molecule has 0 bridgehead atoms. The number of hydrogen-bond donors (Lipinski definition) is 0. The van der Waals surface area contributed by atoms with E-state index in [0.29, 0.717) is 16.5 Å². The van der Waals surface area contributed by atoms with Crippen LogP contribution in [0.4, 0.5) is 5.13 Å². The number of fused-ring (bicyclic) bond motifs is 1. The number of sulfonamides is 1. The number of aromatic nitrogens is 1. The van der Waals surface area contributed by atoms with Crippen LogP contribution in [-0.2, 0) is 23.1 Å². The Bertz CT molecular complexity index is 1680. The fraction of sp³-hybridized carbons (Fsp3) is 0.172. The molecule has 5 aromatic rings. The van der Waals surface area contributed by atoms with Crippen LogP contribution in [0.5, 0.6) is 0 Å². The highest BCUT2D eigenvalue weighted by Gasteiger charge is 2.25. The van der Waals surface area contributed by atoms with Crippen LogP contribution in [-0.4, -0.2) is 30.7 Å². The Hall–Kier alpha value is -3.79. The topological polar surface area (TPSA) is 83.7 Å². The zero-order chi connectivity index (χ0) is 26.9. The lowest BCUT2D eigenvalue weighted by molar-refractivity contribution is 0.0983. The van der Waals surface area contributed by atoms with Crippen molar-refractivity contribution in [2.45, 2.75) is 31.8 Å². The molecule has 0 fully saturated rings. The molecule has 2 heterocycles. The van der Waals surface area contributed by atoms with Crippen molar-refractivity contribution in [3.8, 4) is 0 Å².